The minimum absolute atomic E-state index is 0.131. The molecule has 0 nitrogen and oxygen atoms in total. The molecule has 0 radical (unpaired) electrons. The van der Waals surface area contributed by atoms with Crippen LogP contribution in [0.15, 0.2) is 182 Å². The van der Waals surface area contributed by atoms with Crippen molar-refractivity contribution in [2.45, 2.75) is 19.3 Å². The van der Waals surface area contributed by atoms with Gasteiger partial charge in [0.2, 0.25) is 0 Å². The van der Waals surface area contributed by atoms with E-state index in [9.17, 15) is 0 Å². The second-order valence-corrected chi connectivity index (χ2v) is 15.2. The maximum Gasteiger partial charge on any atom is 0.0165 e. The summed E-state index contributed by atoms with van der Waals surface area (Å²) < 4.78 is 0. The van der Waals surface area contributed by atoms with Gasteiger partial charge >= 0.3 is 0 Å². The van der Waals surface area contributed by atoms with E-state index >= 15 is 0 Å². The summed E-state index contributed by atoms with van der Waals surface area (Å²) >= 11 is 0. The van der Waals surface area contributed by atoms with E-state index in [1.165, 1.54) is 109 Å². The quantitative estimate of drug-likeness (QED) is 0.129. The number of fused-ring (bicyclic) bond motifs is 10. The molecular weight excluding hydrogens is 637 g/mol. The Hall–Kier alpha value is -6.50. The lowest BCUT2D eigenvalue weighted by molar-refractivity contribution is 0.662. The molecule has 0 heterocycles. The van der Waals surface area contributed by atoms with E-state index in [1.54, 1.807) is 0 Å². The van der Waals surface area contributed by atoms with Gasteiger partial charge in [0.25, 0.3) is 0 Å². The highest BCUT2D eigenvalue weighted by Crippen LogP contribution is 2.54. The first-order valence-electron chi connectivity index (χ1n) is 18.7. The van der Waals surface area contributed by atoms with Gasteiger partial charge in [0.1, 0.15) is 0 Å². The molecule has 0 heteroatoms. The Labute approximate surface area is 309 Å². The minimum Gasteiger partial charge on any atom is -0.0616 e. The summed E-state index contributed by atoms with van der Waals surface area (Å²) in [4.78, 5) is 0. The Morgan fingerprint density at radius 1 is 0.302 bits per heavy atom. The number of hydrogen-bond acceptors (Lipinski definition) is 0. The van der Waals surface area contributed by atoms with E-state index in [4.69, 9.17) is 0 Å². The van der Waals surface area contributed by atoms with Gasteiger partial charge in [-0.15, -0.1) is 0 Å². The first kappa shape index (κ1) is 30.2. The highest BCUT2D eigenvalue weighted by atomic mass is 14.4. The zero-order valence-corrected chi connectivity index (χ0v) is 29.8. The average Bonchev–Trinajstić information content (AvgIpc) is 3.46. The van der Waals surface area contributed by atoms with Crippen molar-refractivity contribution in [1.29, 1.82) is 0 Å². The minimum atomic E-state index is -0.131. The van der Waals surface area contributed by atoms with Gasteiger partial charge in [-0.05, 0) is 122 Å². The summed E-state index contributed by atoms with van der Waals surface area (Å²) in [6.45, 7) is 4.80. The number of benzene rings is 10. The molecule has 0 saturated heterocycles. The van der Waals surface area contributed by atoms with Crippen molar-refractivity contribution in [3.05, 3.63) is 193 Å². The largest absolute Gasteiger partial charge is 0.0616 e. The SMILES string of the molecule is CC1(C)c2ccc3ccccc3c2-c2cccc(-c3cccc(-c4c5ccccc5c(-c5ccc6ccc7ccccc7c6c5)c5ccccc45)c3)c21. The van der Waals surface area contributed by atoms with Crippen LogP contribution >= 0.6 is 0 Å². The van der Waals surface area contributed by atoms with Crippen LogP contribution in [0.1, 0.15) is 25.0 Å². The first-order valence-corrected chi connectivity index (χ1v) is 18.7. The van der Waals surface area contributed by atoms with Crippen LogP contribution < -0.4 is 0 Å². The fraction of sp³-hybridized carbons (Fsp3) is 0.0566. The Balaban J connectivity index is 1.14. The van der Waals surface area contributed by atoms with Crippen molar-refractivity contribution in [2.24, 2.45) is 0 Å². The molecule has 0 fully saturated rings. The lowest BCUT2D eigenvalue weighted by atomic mass is 9.78. The Bertz CT molecular complexity index is 3080. The van der Waals surface area contributed by atoms with Crippen molar-refractivity contribution >= 4 is 53.9 Å². The van der Waals surface area contributed by atoms with E-state index in [2.05, 4.69) is 196 Å². The maximum atomic E-state index is 2.43. The summed E-state index contributed by atoms with van der Waals surface area (Å²) in [5.74, 6) is 0. The molecule has 0 bridgehead atoms. The normalized spacial score (nSPS) is 13.2. The van der Waals surface area contributed by atoms with Crippen molar-refractivity contribution in [1.82, 2.24) is 0 Å². The fourth-order valence-corrected chi connectivity index (χ4v) is 9.64. The first-order chi connectivity index (χ1) is 26.1. The zero-order chi connectivity index (χ0) is 35.3. The van der Waals surface area contributed by atoms with E-state index < -0.39 is 0 Å². The van der Waals surface area contributed by atoms with Crippen LogP contribution in [0.2, 0.25) is 0 Å². The Morgan fingerprint density at radius 3 is 1.45 bits per heavy atom. The van der Waals surface area contributed by atoms with Crippen molar-refractivity contribution < 1.29 is 0 Å². The molecule has 248 valence electrons. The molecule has 10 aromatic rings. The number of rotatable bonds is 3. The van der Waals surface area contributed by atoms with Crippen LogP contribution in [0.4, 0.5) is 0 Å². The molecule has 0 N–H and O–H groups in total. The van der Waals surface area contributed by atoms with Crippen LogP contribution in [0.25, 0.3) is 98.4 Å². The molecule has 1 aliphatic rings. The van der Waals surface area contributed by atoms with Gasteiger partial charge in [-0.3, -0.25) is 0 Å². The standard InChI is InChI=1S/C53H36/c1-53(2)48-30-29-34-14-4-6-18-40(34)51(48)46-24-12-23-41(52(46)53)36-15-11-16-37(31-36)49-42-19-7-9-21-44(42)50(45-22-10-8-20-43(45)49)38-28-27-35-26-25-33-13-3-5-17-39(33)47(35)32-38/h3-32H,1-2H3. The lowest BCUT2D eigenvalue weighted by Gasteiger charge is -2.25. The monoisotopic (exact) mass is 672 g/mol. The van der Waals surface area contributed by atoms with Gasteiger partial charge in [-0.25, -0.2) is 0 Å². The molecule has 10 aromatic carbocycles. The molecule has 0 saturated carbocycles. The zero-order valence-electron chi connectivity index (χ0n) is 29.8. The molecule has 0 atom stereocenters. The van der Waals surface area contributed by atoms with Gasteiger partial charge in [0.15, 0.2) is 0 Å². The third-order valence-electron chi connectivity index (χ3n) is 12.0. The van der Waals surface area contributed by atoms with E-state index in [-0.39, 0.29) is 5.41 Å². The maximum absolute atomic E-state index is 2.43. The topological polar surface area (TPSA) is 0 Å². The molecule has 1 aliphatic carbocycles. The predicted molar refractivity (Wildman–Crippen MR) is 228 cm³/mol. The van der Waals surface area contributed by atoms with Gasteiger partial charge < -0.3 is 0 Å². The summed E-state index contributed by atoms with van der Waals surface area (Å²) in [6.07, 6.45) is 0. The highest BCUT2D eigenvalue weighted by Gasteiger charge is 2.38. The van der Waals surface area contributed by atoms with Crippen LogP contribution in [-0.2, 0) is 5.41 Å². The third kappa shape index (κ3) is 4.36. The Morgan fingerprint density at radius 2 is 0.774 bits per heavy atom. The van der Waals surface area contributed by atoms with E-state index in [0.29, 0.717) is 0 Å². The van der Waals surface area contributed by atoms with Gasteiger partial charge in [0.05, 0.1) is 0 Å². The van der Waals surface area contributed by atoms with Crippen LogP contribution in [-0.4, -0.2) is 0 Å². The van der Waals surface area contributed by atoms with Gasteiger partial charge in [-0.2, -0.15) is 0 Å². The van der Waals surface area contributed by atoms with Crippen molar-refractivity contribution in [3.8, 4) is 44.5 Å². The van der Waals surface area contributed by atoms with E-state index in [1.807, 2.05) is 0 Å². The Kier molecular flexibility index (Phi) is 6.40. The molecular formula is C53H36. The molecule has 0 amide bonds. The summed E-state index contributed by atoms with van der Waals surface area (Å²) in [5, 5.41) is 12.8. The van der Waals surface area contributed by atoms with Crippen LogP contribution in [0.5, 0.6) is 0 Å². The molecule has 0 spiro atoms. The van der Waals surface area contributed by atoms with E-state index in [0.717, 1.165) is 0 Å². The second-order valence-electron chi connectivity index (χ2n) is 15.2. The average molecular weight is 673 g/mol. The second kappa shape index (κ2) is 11.2. The highest BCUT2D eigenvalue weighted by molar-refractivity contribution is 6.22. The van der Waals surface area contributed by atoms with Gasteiger partial charge in [-0.1, -0.05) is 184 Å². The third-order valence-corrected chi connectivity index (χ3v) is 12.0. The molecule has 0 aromatic heterocycles. The fourth-order valence-electron chi connectivity index (χ4n) is 9.64. The van der Waals surface area contributed by atoms with Crippen LogP contribution in [0.3, 0.4) is 0 Å². The summed E-state index contributed by atoms with van der Waals surface area (Å²) in [6, 6.07) is 67.9. The summed E-state index contributed by atoms with van der Waals surface area (Å²) in [7, 11) is 0. The number of hydrogen-bond donors (Lipinski definition) is 0. The van der Waals surface area contributed by atoms with Crippen LogP contribution in [0, 0.1) is 0 Å². The smallest absolute Gasteiger partial charge is 0.0165 e. The lowest BCUT2D eigenvalue weighted by Crippen LogP contribution is -2.16. The molecule has 0 aliphatic heterocycles. The van der Waals surface area contributed by atoms with Gasteiger partial charge in [0, 0.05) is 5.41 Å². The predicted octanol–water partition coefficient (Wildman–Crippen LogP) is 14.8. The molecule has 53 heavy (non-hydrogen) atoms. The summed E-state index contributed by atoms with van der Waals surface area (Å²) in [5.41, 5.74) is 13.1. The van der Waals surface area contributed by atoms with Crippen molar-refractivity contribution in [3.63, 3.8) is 0 Å². The molecule has 0 unspecified atom stereocenters. The van der Waals surface area contributed by atoms with Crippen molar-refractivity contribution in [2.75, 3.05) is 0 Å². The molecule has 11 rings (SSSR count).